The third-order valence-electron chi connectivity index (χ3n) is 3.94. The summed E-state index contributed by atoms with van der Waals surface area (Å²) < 4.78 is 5.57. The molecular formula is C15H20N2O2. The molecular weight excluding hydrogens is 240 g/mol. The fraction of sp³-hybridized carbons (Fsp3) is 0.533. The van der Waals surface area contributed by atoms with Gasteiger partial charge in [0.1, 0.15) is 0 Å². The number of nitrogens with zero attached hydrogens (tertiary/aromatic N) is 2. The van der Waals surface area contributed by atoms with Crippen molar-refractivity contribution in [3.05, 3.63) is 35.9 Å². The normalized spacial score (nSPS) is 23.7. The molecule has 2 aliphatic heterocycles. The van der Waals surface area contributed by atoms with Gasteiger partial charge in [-0.25, -0.2) is 4.79 Å². The Labute approximate surface area is 113 Å². The van der Waals surface area contributed by atoms with E-state index < -0.39 is 0 Å². The molecule has 1 atom stereocenters. The largest absolute Gasteiger partial charge is 0.377 e. The van der Waals surface area contributed by atoms with Gasteiger partial charge in [0.15, 0.2) is 0 Å². The standard InChI is InChI=1S/C15H20N2O2/c18-15(16-8-4-5-9-16)17-10-11-19-12-14(17)13-6-2-1-3-7-13/h1-3,6-7,14H,4-5,8-12H2/t14-/m1/s1. The van der Waals surface area contributed by atoms with Crippen LogP contribution >= 0.6 is 0 Å². The van der Waals surface area contributed by atoms with Gasteiger partial charge in [-0.05, 0) is 18.4 Å². The van der Waals surface area contributed by atoms with E-state index in [1.807, 2.05) is 28.0 Å². The SMILES string of the molecule is O=C(N1CCCC1)N1CCOC[C@@H]1c1ccccc1. The highest BCUT2D eigenvalue weighted by Crippen LogP contribution is 2.26. The number of rotatable bonds is 1. The summed E-state index contributed by atoms with van der Waals surface area (Å²) in [6.45, 7) is 3.73. The van der Waals surface area contributed by atoms with Crippen LogP contribution in [0.4, 0.5) is 4.79 Å². The van der Waals surface area contributed by atoms with Gasteiger partial charge in [-0.1, -0.05) is 30.3 Å². The van der Waals surface area contributed by atoms with E-state index in [2.05, 4.69) is 12.1 Å². The Morgan fingerprint density at radius 2 is 1.84 bits per heavy atom. The van der Waals surface area contributed by atoms with Crippen molar-refractivity contribution < 1.29 is 9.53 Å². The summed E-state index contributed by atoms with van der Waals surface area (Å²) in [5.74, 6) is 0. The first-order valence-corrected chi connectivity index (χ1v) is 7.04. The minimum Gasteiger partial charge on any atom is -0.377 e. The summed E-state index contributed by atoms with van der Waals surface area (Å²) in [4.78, 5) is 16.5. The molecule has 0 radical (unpaired) electrons. The van der Waals surface area contributed by atoms with Crippen molar-refractivity contribution in [2.45, 2.75) is 18.9 Å². The predicted octanol–water partition coefficient (Wildman–Crippen LogP) is 2.28. The number of morpholine rings is 1. The van der Waals surface area contributed by atoms with E-state index in [0.29, 0.717) is 19.8 Å². The Morgan fingerprint density at radius 1 is 1.11 bits per heavy atom. The molecule has 2 heterocycles. The molecule has 0 unspecified atom stereocenters. The summed E-state index contributed by atoms with van der Waals surface area (Å²) in [5.41, 5.74) is 1.16. The van der Waals surface area contributed by atoms with Crippen molar-refractivity contribution in [1.82, 2.24) is 9.80 Å². The van der Waals surface area contributed by atoms with Crippen molar-refractivity contribution in [3.8, 4) is 0 Å². The number of amides is 2. The van der Waals surface area contributed by atoms with Crippen LogP contribution in [0.5, 0.6) is 0 Å². The summed E-state index contributed by atoms with van der Waals surface area (Å²) in [6.07, 6.45) is 2.26. The van der Waals surface area contributed by atoms with Gasteiger partial charge in [0.25, 0.3) is 0 Å². The summed E-state index contributed by atoms with van der Waals surface area (Å²) in [5, 5.41) is 0. The Kier molecular flexibility index (Phi) is 3.69. The molecule has 0 aromatic heterocycles. The van der Waals surface area contributed by atoms with Gasteiger partial charge in [0.05, 0.1) is 19.3 Å². The van der Waals surface area contributed by atoms with Gasteiger partial charge in [0, 0.05) is 19.6 Å². The molecule has 19 heavy (non-hydrogen) atoms. The van der Waals surface area contributed by atoms with Crippen LogP contribution in [-0.4, -0.2) is 48.7 Å². The van der Waals surface area contributed by atoms with Crippen molar-refractivity contribution in [1.29, 1.82) is 0 Å². The van der Waals surface area contributed by atoms with Crippen LogP contribution in [0, 0.1) is 0 Å². The van der Waals surface area contributed by atoms with E-state index >= 15 is 0 Å². The van der Waals surface area contributed by atoms with Crippen LogP contribution < -0.4 is 0 Å². The first-order valence-electron chi connectivity index (χ1n) is 7.04. The fourth-order valence-corrected chi connectivity index (χ4v) is 2.87. The average Bonchev–Trinajstić information content (AvgIpc) is 3.02. The monoisotopic (exact) mass is 260 g/mol. The Balaban J connectivity index is 1.79. The van der Waals surface area contributed by atoms with Crippen molar-refractivity contribution in [3.63, 3.8) is 0 Å². The van der Waals surface area contributed by atoms with Crippen LogP contribution in [0.3, 0.4) is 0 Å². The summed E-state index contributed by atoms with van der Waals surface area (Å²) in [6, 6.07) is 10.4. The first-order chi connectivity index (χ1) is 9.36. The molecule has 2 fully saturated rings. The third-order valence-corrected chi connectivity index (χ3v) is 3.94. The van der Waals surface area contributed by atoms with Crippen molar-refractivity contribution >= 4 is 6.03 Å². The van der Waals surface area contributed by atoms with E-state index in [0.717, 1.165) is 31.5 Å². The highest BCUT2D eigenvalue weighted by molar-refractivity contribution is 5.75. The number of ether oxygens (including phenoxy) is 1. The zero-order valence-electron chi connectivity index (χ0n) is 11.1. The Morgan fingerprint density at radius 3 is 2.58 bits per heavy atom. The van der Waals surface area contributed by atoms with E-state index in [1.54, 1.807) is 0 Å². The number of carbonyl (C=O) groups is 1. The van der Waals surface area contributed by atoms with E-state index in [9.17, 15) is 4.79 Å². The molecule has 1 aromatic rings. The van der Waals surface area contributed by atoms with Gasteiger partial charge in [-0.2, -0.15) is 0 Å². The van der Waals surface area contributed by atoms with Gasteiger partial charge in [-0.15, -0.1) is 0 Å². The van der Waals surface area contributed by atoms with Crippen LogP contribution in [0.1, 0.15) is 24.4 Å². The molecule has 0 saturated carbocycles. The Bertz CT molecular complexity index is 429. The number of urea groups is 1. The lowest BCUT2D eigenvalue weighted by molar-refractivity contribution is 0.00453. The molecule has 4 heteroatoms. The molecule has 2 saturated heterocycles. The maximum atomic E-state index is 12.6. The summed E-state index contributed by atoms with van der Waals surface area (Å²) in [7, 11) is 0. The molecule has 102 valence electrons. The van der Waals surface area contributed by atoms with Crippen LogP contribution in [0.2, 0.25) is 0 Å². The molecule has 4 nitrogen and oxygen atoms in total. The maximum absolute atomic E-state index is 12.6. The number of likely N-dealkylation sites (tertiary alicyclic amines) is 1. The smallest absolute Gasteiger partial charge is 0.320 e. The molecule has 0 bridgehead atoms. The van der Waals surface area contributed by atoms with Crippen LogP contribution in [0.15, 0.2) is 30.3 Å². The zero-order chi connectivity index (χ0) is 13.1. The second kappa shape index (κ2) is 5.61. The van der Waals surface area contributed by atoms with Crippen LogP contribution in [-0.2, 0) is 4.74 Å². The van der Waals surface area contributed by atoms with Gasteiger partial charge in [-0.3, -0.25) is 0 Å². The number of carbonyl (C=O) groups excluding carboxylic acids is 1. The summed E-state index contributed by atoms with van der Waals surface area (Å²) >= 11 is 0. The molecule has 1 aromatic carbocycles. The lowest BCUT2D eigenvalue weighted by atomic mass is 10.1. The van der Waals surface area contributed by atoms with Crippen molar-refractivity contribution in [2.75, 3.05) is 32.8 Å². The minimum absolute atomic E-state index is 0.0584. The lowest BCUT2D eigenvalue weighted by Gasteiger charge is -2.38. The maximum Gasteiger partial charge on any atom is 0.320 e. The van der Waals surface area contributed by atoms with Crippen molar-refractivity contribution in [2.24, 2.45) is 0 Å². The van der Waals surface area contributed by atoms with Gasteiger partial charge >= 0.3 is 6.03 Å². The number of benzene rings is 1. The lowest BCUT2D eigenvalue weighted by Crippen LogP contribution is -2.49. The van der Waals surface area contributed by atoms with E-state index in [-0.39, 0.29) is 12.1 Å². The molecule has 2 amide bonds. The number of hydrogen-bond donors (Lipinski definition) is 0. The minimum atomic E-state index is 0.0584. The number of hydrogen-bond acceptors (Lipinski definition) is 2. The molecule has 0 spiro atoms. The molecule has 0 N–H and O–H groups in total. The highest BCUT2D eigenvalue weighted by atomic mass is 16.5. The molecule has 2 aliphatic rings. The molecule has 0 aliphatic carbocycles. The highest BCUT2D eigenvalue weighted by Gasteiger charge is 2.32. The fourth-order valence-electron chi connectivity index (χ4n) is 2.87. The topological polar surface area (TPSA) is 32.8 Å². The second-order valence-corrected chi connectivity index (χ2v) is 5.17. The Hall–Kier alpha value is -1.55. The van der Waals surface area contributed by atoms with E-state index in [1.165, 1.54) is 0 Å². The predicted molar refractivity (Wildman–Crippen MR) is 72.9 cm³/mol. The van der Waals surface area contributed by atoms with Crippen LogP contribution in [0.25, 0.3) is 0 Å². The average molecular weight is 260 g/mol. The third kappa shape index (κ3) is 2.59. The van der Waals surface area contributed by atoms with E-state index in [4.69, 9.17) is 4.74 Å². The molecule has 3 rings (SSSR count). The van der Waals surface area contributed by atoms with Gasteiger partial charge in [0.2, 0.25) is 0 Å². The first kappa shape index (κ1) is 12.5. The quantitative estimate of drug-likeness (QED) is 0.776. The second-order valence-electron chi connectivity index (χ2n) is 5.17. The van der Waals surface area contributed by atoms with Gasteiger partial charge < -0.3 is 14.5 Å². The zero-order valence-corrected chi connectivity index (χ0v) is 11.1.